The molecular weight excluding hydrogens is 663 g/mol. The Labute approximate surface area is 312 Å². The van der Waals surface area contributed by atoms with E-state index in [-0.39, 0.29) is 0 Å². The molecule has 54 heavy (non-hydrogen) atoms. The summed E-state index contributed by atoms with van der Waals surface area (Å²) >= 11 is 0. The van der Waals surface area contributed by atoms with Crippen molar-refractivity contribution in [2.75, 3.05) is 0 Å². The van der Waals surface area contributed by atoms with Crippen LogP contribution in [0.15, 0.2) is 189 Å². The van der Waals surface area contributed by atoms with Crippen LogP contribution in [-0.4, -0.2) is 34.9 Å². The molecule has 0 bridgehead atoms. The van der Waals surface area contributed by atoms with Crippen LogP contribution in [0.5, 0.6) is 0 Å². The second-order valence-corrected chi connectivity index (χ2v) is 12.8. The van der Waals surface area contributed by atoms with Gasteiger partial charge in [-0.25, -0.2) is 9.97 Å². The topological polar surface area (TPSA) is 90.2 Å². The molecular formula is C47H31N7. The minimum Gasteiger partial charge on any atom is -0.264 e. The van der Waals surface area contributed by atoms with Crippen LogP contribution in [0.25, 0.3) is 89.5 Å². The molecule has 0 saturated carbocycles. The third kappa shape index (κ3) is 6.89. The molecule has 0 aliphatic rings. The molecule has 7 heteroatoms. The molecule has 0 amide bonds. The Kier molecular flexibility index (Phi) is 8.77. The van der Waals surface area contributed by atoms with E-state index in [1.54, 1.807) is 31.0 Å². The Morgan fingerprint density at radius 2 is 0.537 bits per heavy atom. The first-order valence-electron chi connectivity index (χ1n) is 17.6. The maximum absolute atomic E-state index is 5.29. The van der Waals surface area contributed by atoms with E-state index in [0.717, 1.165) is 83.7 Å². The molecule has 0 atom stereocenters. The lowest BCUT2D eigenvalue weighted by molar-refractivity contribution is 1.18. The standard InChI is InChI=1S/C47H31N7/c1-7-32(34-9-2-14-48-27-34)19-33(8-1)47-53-45(43-22-39(35-10-3-15-49-28-35)20-40(23-43)36-11-4-16-50-29-36)26-46(54-47)44-24-41(37-12-5-17-51-30-37)21-42(25-44)38-13-6-18-52-31-38/h1-31H. The first-order valence-corrected chi connectivity index (χ1v) is 17.6. The molecule has 0 fully saturated rings. The van der Waals surface area contributed by atoms with Crippen LogP contribution in [0, 0.1) is 0 Å². The van der Waals surface area contributed by atoms with Crippen LogP contribution < -0.4 is 0 Å². The van der Waals surface area contributed by atoms with Crippen molar-refractivity contribution < 1.29 is 0 Å². The van der Waals surface area contributed by atoms with Crippen molar-refractivity contribution in [3.8, 4) is 89.5 Å². The minimum absolute atomic E-state index is 0.609. The maximum Gasteiger partial charge on any atom is 0.160 e. The van der Waals surface area contributed by atoms with E-state index >= 15 is 0 Å². The fourth-order valence-corrected chi connectivity index (χ4v) is 6.60. The fourth-order valence-electron chi connectivity index (χ4n) is 6.60. The average Bonchev–Trinajstić information content (AvgIpc) is 3.27. The second-order valence-electron chi connectivity index (χ2n) is 12.8. The molecule has 0 N–H and O–H groups in total. The number of hydrogen-bond acceptors (Lipinski definition) is 7. The smallest absolute Gasteiger partial charge is 0.160 e. The zero-order valence-electron chi connectivity index (χ0n) is 29.0. The van der Waals surface area contributed by atoms with E-state index < -0.39 is 0 Å². The predicted molar refractivity (Wildman–Crippen MR) is 214 cm³/mol. The van der Waals surface area contributed by atoms with Crippen molar-refractivity contribution >= 4 is 0 Å². The third-order valence-corrected chi connectivity index (χ3v) is 9.28. The predicted octanol–water partition coefficient (Wildman–Crippen LogP) is 10.8. The van der Waals surface area contributed by atoms with Gasteiger partial charge in [-0.2, -0.15) is 0 Å². The Bertz CT molecular complexity index is 2430. The van der Waals surface area contributed by atoms with Crippen LogP contribution in [0.1, 0.15) is 0 Å². The quantitative estimate of drug-likeness (QED) is 0.156. The van der Waals surface area contributed by atoms with Gasteiger partial charge >= 0.3 is 0 Å². The van der Waals surface area contributed by atoms with Gasteiger partial charge in [0.15, 0.2) is 5.82 Å². The van der Waals surface area contributed by atoms with Gasteiger partial charge in [-0.15, -0.1) is 0 Å². The Hall–Kier alpha value is -7.51. The molecule has 0 unspecified atom stereocenters. The van der Waals surface area contributed by atoms with Crippen molar-refractivity contribution in [1.82, 2.24) is 34.9 Å². The summed E-state index contributed by atoms with van der Waals surface area (Å²) in [6.07, 6.45) is 18.4. The normalized spacial score (nSPS) is 11.0. The lowest BCUT2D eigenvalue weighted by Crippen LogP contribution is -1.98. The van der Waals surface area contributed by atoms with Gasteiger partial charge in [0.1, 0.15) is 0 Å². The summed E-state index contributed by atoms with van der Waals surface area (Å²) in [7, 11) is 0. The van der Waals surface area contributed by atoms with Gasteiger partial charge in [-0.05, 0) is 107 Å². The number of pyridine rings is 5. The number of hydrogen-bond donors (Lipinski definition) is 0. The van der Waals surface area contributed by atoms with Gasteiger partial charge in [0.2, 0.25) is 0 Å². The molecule has 9 rings (SSSR count). The monoisotopic (exact) mass is 693 g/mol. The Balaban J connectivity index is 1.28. The van der Waals surface area contributed by atoms with E-state index in [1.165, 1.54) is 0 Å². The highest BCUT2D eigenvalue weighted by molar-refractivity contribution is 5.84. The van der Waals surface area contributed by atoms with Crippen molar-refractivity contribution in [2.24, 2.45) is 0 Å². The molecule has 6 aromatic heterocycles. The van der Waals surface area contributed by atoms with E-state index in [0.29, 0.717) is 5.82 Å². The second kappa shape index (κ2) is 14.6. The Morgan fingerprint density at radius 3 is 0.889 bits per heavy atom. The molecule has 3 aromatic carbocycles. The molecule has 0 saturated heterocycles. The Morgan fingerprint density at radius 1 is 0.241 bits per heavy atom. The van der Waals surface area contributed by atoms with Gasteiger partial charge < -0.3 is 0 Å². The highest BCUT2D eigenvalue weighted by atomic mass is 14.9. The summed E-state index contributed by atoms with van der Waals surface area (Å²) in [6, 6.07) is 43.6. The van der Waals surface area contributed by atoms with Gasteiger partial charge in [-0.3, -0.25) is 24.9 Å². The number of benzene rings is 3. The summed E-state index contributed by atoms with van der Waals surface area (Å²) in [4.78, 5) is 32.6. The molecule has 7 nitrogen and oxygen atoms in total. The van der Waals surface area contributed by atoms with Crippen molar-refractivity contribution in [3.05, 3.63) is 189 Å². The van der Waals surface area contributed by atoms with E-state index in [9.17, 15) is 0 Å². The van der Waals surface area contributed by atoms with E-state index in [4.69, 9.17) is 9.97 Å². The van der Waals surface area contributed by atoms with Gasteiger partial charge in [0.25, 0.3) is 0 Å². The van der Waals surface area contributed by atoms with E-state index in [1.807, 2.05) is 67.4 Å². The van der Waals surface area contributed by atoms with Crippen LogP contribution >= 0.6 is 0 Å². The lowest BCUT2D eigenvalue weighted by atomic mass is 9.94. The summed E-state index contributed by atoms with van der Waals surface area (Å²) in [6.45, 7) is 0. The number of rotatable bonds is 8. The minimum atomic E-state index is 0.609. The third-order valence-electron chi connectivity index (χ3n) is 9.28. The van der Waals surface area contributed by atoms with Gasteiger partial charge in [0, 0.05) is 106 Å². The van der Waals surface area contributed by atoms with Crippen LogP contribution in [0.2, 0.25) is 0 Å². The maximum atomic E-state index is 5.29. The van der Waals surface area contributed by atoms with Crippen LogP contribution in [-0.2, 0) is 0 Å². The molecule has 254 valence electrons. The SMILES string of the molecule is c1cncc(-c2cc(-c3cccnc3)cc(-c3cc(-c4cc(-c5cccnc5)cc(-c5cccnc5)c4)nc(-c4cccc(-c5cccnc5)c4)n3)c2)c1. The molecule has 0 spiro atoms. The van der Waals surface area contributed by atoms with Crippen molar-refractivity contribution in [2.45, 2.75) is 0 Å². The molecule has 0 radical (unpaired) electrons. The molecule has 9 aromatic rings. The van der Waals surface area contributed by atoms with Gasteiger partial charge in [-0.1, -0.05) is 48.5 Å². The number of nitrogens with zero attached hydrogens (tertiary/aromatic N) is 7. The first kappa shape index (κ1) is 32.4. The molecule has 0 aliphatic heterocycles. The summed E-state index contributed by atoms with van der Waals surface area (Å²) in [5, 5.41) is 0. The van der Waals surface area contributed by atoms with E-state index in [2.05, 4.69) is 116 Å². The summed E-state index contributed by atoms with van der Waals surface area (Å²) in [5.74, 6) is 0.609. The largest absolute Gasteiger partial charge is 0.264 e. The fraction of sp³-hybridized carbons (Fsp3) is 0. The van der Waals surface area contributed by atoms with Crippen molar-refractivity contribution in [3.63, 3.8) is 0 Å². The zero-order valence-corrected chi connectivity index (χ0v) is 29.0. The van der Waals surface area contributed by atoms with Crippen LogP contribution in [0.3, 0.4) is 0 Å². The molecule has 6 heterocycles. The van der Waals surface area contributed by atoms with Crippen molar-refractivity contribution in [1.29, 1.82) is 0 Å². The highest BCUT2D eigenvalue weighted by Crippen LogP contribution is 2.37. The average molecular weight is 694 g/mol. The zero-order chi connectivity index (χ0) is 36.1. The van der Waals surface area contributed by atoms with Crippen LogP contribution in [0.4, 0.5) is 0 Å². The highest BCUT2D eigenvalue weighted by Gasteiger charge is 2.16. The summed E-state index contributed by atoms with van der Waals surface area (Å²) < 4.78 is 0. The summed E-state index contributed by atoms with van der Waals surface area (Å²) in [5.41, 5.74) is 14.5. The first-order chi connectivity index (χ1) is 26.7. The van der Waals surface area contributed by atoms with Gasteiger partial charge in [0.05, 0.1) is 11.4 Å². The number of aromatic nitrogens is 7. The molecule has 0 aliphatic carbocycles. The lowest BCUT2D eigenvalue weighted by Gasteiger charge is -2.15.